The van der Waals surface area contributed by atoms with Crippen LogP contribution in [0.3, 0.4) is 0 Å². The first-order valence-corrected chi connectivity index (χ1v) is 6.94. The molecule has 0 saturated heterocycles. The van der Waals surface area contributed by atoms with Crippen molar-refractivity contribution in [3.05, 3.63) is 39.4 Å². The Bertz CT molecular complexity index is 529. The lowest BCUT2D eigenvalue weighted by atomic mass is 10.2. The third-order valence-corrected chi connectivity index (χ3v) is 3.68. The number of aromatic nitrogens is 1. The predicted molar refractivity (Wildman–Crippen MR) is 74.0 cm³/mol. The lowest BCUT2D eigenvalue weighted by molar-refractivity contribution is 0.206. The molecule has 2 heterocycles. The van der Waals surface area contributed by atoms with Crippen molar-refractivity contribution in [1.29, 1.82) is 0 Å². The average molecular weight is 279 g/mol. The van der Waals surface area contributed by atoms with Gasteiger partial charge in [0.1, 0.15) is 5.76 Å². The fourth-order valence-electron chi connectivity index (χ4n) is 1.78. The highest BCUT2D eigenvalue weighted by atomic mass is 32.1. The van der Waals surface area contributed by atoms with Gasteiger partial charge in [-0.25, -0.2) is 4.79 Å². The van der Waals surface area contributed by atoms with E-state index in [4.69, 9.17) is 4.52 Å². The van der Waals surface area contributed by atoms with E-state index in [1.807, 2.05) is 30.7 Å². The molecule has 0 saturated carbocycles. The van der Waals surface area contributed by atoms with Crippen LogP contribution >= 0.6 is 11.3 Å². The molecule has 2 aromatic heterocycles. The Hall–Kier alpha value is -1.82. The minimum atomic E-state index is -0.105. The third-order valence-electron chi connectivity index (χ3n) is 2.94. The third kappa shape index (κ3) is 3.35. The smallest absolute Gasteiger partial charge is 0.317 e. The highest BCUT2D eigenvalue weighted by molar-refractivity contribution is 7.07. The van der Waals surface area contributed by atoms with Crippen LogP contribution in [0.15, 0.2) is 21.3 Å². The van der Waals surface area contributed by atoms with E-state index in [0.29, 0.717) is 13.1 Å². The Kier molecular flexibility index (Phi) is 4.21. The molecule has 2 amide bonds. The average Bonchev–Trinajstić information content (AvgIpc) is 2.98. The Morgan fingerprint density at radius 1 is 1.53 bits per heavy atom. The van der Waals surface area contributed by atoms with Gasteiger partial charge in [0, 0.05) is 25.7 Å². The predicted octanol–water partition coefficient (Wildman–Crippen LogP) is 2.69. The summed E-state index contributed by atoms with van der Waals surface area (Å²) < 4.78 is 5.06. The van der Waals surface area contributed by atoms with Gasteiger partial charge < -0.3 is 14.7 Å². The maximum Gasteiger partial charge on any atom is 0.317 e. The van der Waals surface area contributed by atoms with E-state index < -0.39 is 0 Å². The second-order valence-corrected chi connectivity index (χ2v) is 5.23. The topological polar surface area (TPSA) is 58.4 Å². The first kappa shape index (κ1) is 13.6. The largest absolute Gasteiger partial charge is 0.361 e. The van der Waals surface area contributed by atoms with Gasteiger partial charge in [0.25, 0.3) is 0 Å². The van der Waals surface area contributed by atoms with Gasteiger partial charge in [0.05, 0.1) is 5.69 Å². The van der Waals surface area contributed by atoms with E-state index in [2.05, 4.69) is 10.5 Å². The van der Waals surface area contributed by atoms with Crippen molar-refractivity contribution in [2.75, 3.05) is 7.05 Å². The van der Waals surface area contributed by atoms with E-state index in [1.165, 1.54) is 0 Å². The van der Waals surface area contributed by atoms with Crippen LogP contribution in [0.1, 0.15) is 22.6 Å². The summed E-state index contributed by atoms with van der Waals surface area (Å²) in [7, 11) is 1.78. The first-order valence-electron chi connectivity index (χ1n) is 5.99. The molecule has 102 valence electrons. The molecule has 0 spiro atoms. The molecule has 0 aliphatic rings. The van der Waals surface area contributed by atoms with Gasteiger partial charge in [0.15, 0.2) is 0 Å². The minimum Gasteiger partial charge on any atom is -0.361 e. The van der Waals surface area contributed by atoms with Crippen molar-refractivity contribution in [2.45, 2.75) is 26.9 Å². The van der Waals surface area contributed by atoms with Gasteiger partial charge in [-0.3, -0.25) is 0 Å². The number of urea groups is 1. The lowest BCUT2D eigenvalue weighted by Crippen LogP contribution is -2.36. The summed E-state index contributed by atoms with van der Waals surface area (Å²) in [5.74, 6) is 0.748. The molecule has 0 aliphatic carbocycles. The van der Waals surface area contributed by atoms with E-state index in [0.717, 1.165) is 22.6 Å². The van der Waals surface area contributed by atoms with Crippen molar-refractivity contribution in [1.82, 2.24) is 15.4 Å². The van der Waals surface area contributed by atoms with Gasteiger partial charge in [-0.05, 0) is 36.2 Å². The molecule has 0 aliphatic heterocycles. The summed E-state index contributed by atoms with van der Waals surface area (Å²) in [4.78, 5) is 13.6. The zero-order valence-corrected chi connectivity index (χ0v) is 12.1. The Morgan fingerprint density at radius 3 is 2.89 bits per heavy atom. The Morgan fingerprint density at radius 2 is 2.32 bits per heavy atom. The van der Waals surface area contributed by atoms with Crippen molar-refractivity contribution >= 4 is 17.4 Å². The minimum absolute atomic E-state index is 0.105. The van der Waals surface area contributed by atoms with Crippen LogP contribution in [-0.2, 0) is 13.1 Å². The van der Waals surface area contributed by atoms with Crippen molar-refractivity contribution < 1.29 is 9.32 Å². The molecule has 0 fully saturated rings. The summed E-state index contributed by atoms with van der Waals surface area (Å²) >= 11 is 1.63. The molecule has 19 heavy (non-hydrogen) atoms. The molecule has 0 bridgehead atoms. The van der Waals surface area contributed by atoms with Crippen LogP contribution in [0.5, 0.6) is 0 Å². The molecule has 1 N–H and O–H groups in total. The van der Waals surface area contributed by atoms with Gasteiger partial charge >= 0.3 is 6.03 Å². The molecule has 0 unspecified atom stereocenters. The quantitative estimate of drug-likeness (QED) is 0.936. The number of hydrogen-bond donors (Lipinski definition) is 1. The van der Waals surface area contributed by atoms with Gasteiger partial charge in [-0.15, -0.1) is 0 Å². The number of carbonyl (C=O) groups excluding carboxylic acids is 1. The molecule has 2 aromatic rings. The van der Waals surface area contributed by atoms with Crippen LogP contribution in [0.4, 0.5) is 4.79 Å². The van der Waals surface area contributed by atoms with Gasteiger partial charge in [-0.1, -0.05) is 5.16 Å². The molecule has 2 rings (SSSR count). The maximum absolute atomic E-state index is 12.0. The van der Waals surface area contributed by atoms with E-state index >= 15 is 0 Å². The number of nitrogens with one attached hydrogen (secondary N) is 1. The number of aryl methyl sites for hydroxylation is 2. The Balaban J connectivity index is 1.87. The van der Waals surface area contributed by atoms with Crippen molar-refractivity contribution in [3.8, 4) is 0 Å². The van der Waals surface area contributed by atoms with Gasteiger partial charge in [0.2, 0.25) is 0 Å². The number of amides is 2. The zero-order chi connectivity index (χ0) is 13.8. The molecular formula is C13H17N3O2S. The van der Waals surface area contributed by atoms with Crippen LogP contribution in [0.2, 0.25) is 0 Å². The number of carbonyl (C=O) groups is 1. The molecular weight excluding hydrogens is 262 g/mol. The van der Waals surface area contributed by atoms with Crippen molar-refractivity contribution in [2.24, 2.45) is 0 Å². The second kappa shape index (κ2) is 5.88. The maximum atomic E-state index is 12.0. The number of thiophene rings is 1. The standard InChI is InChI=1S/C13H17N3O2S/c1-9-12(10(2)18-15-9)6-14-13(17)16(3)7-11-4-5-19-8-11/h4-5,8H,6-7H2,1-3H3,(H,14,17). The SMILES string of the molecule is Cc1noc(C)c1CNC(=O)N(C)Cc1ccsc1. The van der Waals surface area contributed by atoms with E-state index in [-0.39, 0.29) is 6.03 Å². The zero-order valence-electron chi connectivity index (χ0n) is 11.3. The van der Waals surface area contributed by atoms with Crippen LogP contribution < -0.4 is 5.32 Å². The normalized spacial score (nSPS) is 10.5. The van der Waals surface area contributed by atoms with Crippen LogP contribution in [0, 0.1) is 13.8 Å². The summed E-state index contributed by atoms with van der Waals surface area (Å²) in [5, 5.41) is 10.8. The fraction of sp³-hybridized carbons (Fsp3) is 0.385. The molecule has 5 nitrogen and oxygen atoms in total. The highest BCUT2D eigenvalue weighted by Crippen LogP contribution is 2.12. The number of hydrogen-bond acceptors (Lipinski definition) is 4. The van der Waals surface area contributed by atoms with Gasteiger partial charge in [-0.2, -0.15) is 11.3 Å². The van der Waals surface area contributed by atoms with E-state index in [9.17, 15) is 4.79 Å². The second-order valence-electron chi connectivity index (χ2n) is 4.45. The molecule has 0 aromatic carbocycles. The molecule has 6 heteroatoms. The number of nitrogens with zero attached hydrogens (tertiary/aromatic N) is 2. The van der Waals surface area contributed by atoms with E-state index in [1.54, 1.807) is 23.3 Å². The number of rotatable bonds is 4. The monoisotopic (exact) mass is 279 g/mol. The molecule has 0 atom stereocenters. The molecule has 0 radical (unpaired) electrons. The summed E-state index contributed by atoms with van der Waals surface area (Å²) in [6.07, 6.45) is 0. The Labute approximate surface area is 116 Å². The highest BCUT2D eigenvalue weighted by Gasteiger charge is 2.13. The summed E-state index contributed by atoms with van der Waals surface area (Å²) in [6, 6.07) is 1.91. The van der Waals surface area contributed by atoms with Crippen molar-refractivity contribution in [3.63, 3.8) is 0 Å². The fourth-order valence-corrected chi connectivity index (χ4v) is 2.44. The van der Waals surface area contributed by atoms with Crippen LogP contribution in [0.25, 0.3) is 0 Å². The first-order chi connectivity index (χ1) is 9.08. The summed E-state index contributed by atoms with van der Waals surface area (Å²) in [5.41, 5.74) is 2.90. The lowest BCUT2D eigenvalue weighted by Gasteiger charge is -2.17. The summed E-state index contributed by atoms with van der Waals surface area (Å²) in [6.45, 7) is 4.76. The van der Waals surface area contributed by atoms with Crippen LogP contribution in [-0.4, -0.2) is 23.1 Å².